The number of ether oxygens (including phenoxy) is 2. The molecule has 4 unspecified atom stereocenters. The number of nitrogens with one attached hydrogen (secondary N) is 1. The second-order valence-electron chi connectivity index (χ2n) is 12.5. The zero-order chi connectivity index (χ0) is 28.2. The Hall–Kier alpha value is -3.49. The number of rotatable bonds is 6. The first-order chi connectivity index (χ1) is 19.0. The lowest BCUT2D eigenvalue weighted by atomic mass is 9.87. The third kappa shape index (κ3) is 4.63. The Bertz CT molecular complexity index is 1400. The van der Waals surface area contributed by atoms with Crippen molar-refractivity contribution in [3.8, 4) is 0 Å². The molecule has 2 amide bonds. The largest absolute Gasteiger partial charge is 0.456 e. The molecule has 8 nitrogen and oxygen atoms in total. The Kier molecular flexibility index (Phi) is 6.58. The first-order valence-corrected chi connectivity index (χ1v) is 14.0. The topological polar surface area (TPSA) is 93.9 Å². The number of hydrogen-bond donors (Lipinski definition) is 1. The van der Waals surface area contributed by atoms with Crippen LogP contribution in [0, 0.1) is 24.7 Å². The molecule has 1 aliphatic carbocycles. The van der Waals surface area contributed by atoms with E-state index in [2.05, 4.69) is 31.1 Å². The van der Waals surface area contributed by atoms with Crippen LogP contribution in [0.4, 0.5) is 5.69 Å². The van der Waals surface area contributed by atoms with Crippen LogP contribution in [0.3, 0.4) is 0 Å². The van der Waals surface area contributed by atoms with E-state index < -0.39 is 17.7 Å². The zero-order valence-electron chi connectivity index (χ0n) is 23.7. The molecule has 2 bridgehead atoms. The SMILES string of the molecule is Cc1ccc(C(=O)N(c2ccc(C(C)(C)C)cc2)C(C(=O)N[C@H]2C3CO[C@@]4(C)OCC2C4C3)c2cccnc2)o1. The van der Waals surface area contributed by atoms with Gasteiger partial charge in [0.05, 0.1) is 13.2 Å². The van der Waals surface area contributed by atoms with E-state index in [1.807, 2.05) is 37.3 Å². The number of carbonyl (C=O) groups is 2. The van der Waals surface area contributed by atoms with Crippen LogP contribution in [-0.4, -0.2) is 41.8 Å². The number of carbonyl (C=O) groups excluding carboxylic acids is 2. The average Bonchev–Trinajstić information content (AvgIpc) is 3.60. The van der Waals surface area contributed by atoms with Crippen molar-refractivity contribution >= 4 is 17.5 Å². The van der Waals surface area contributed by atoms with E-state index >= 15 is 0 Å². The minimum atomic E-state index is -0.970. The average molecular weight is 544 g/mol. The number of hydrogen-bond acceptors (Lipinski definition) is 6. The minimum absolute atomic E-state index is 0.0637. The number of nitrogens with zero attached hydrogens (tertiary/aromatic N) is 2. The number of benzene rings is 1. The van der Waals surface area contributed by atoms with Gasteiger partial charge in [0.2, 0.25) is 5.91 Å². The quantitative estimate of drug-likeness (QED) is 0.460. The van der Waals surface area contributed by atoms with Crippen LogP contribution < -0.4 is 10.2 Å². The Morgan fingerprint density at radius 3 is 2.48 bits per heavy atom. The number of pyridine rings is 1. The lowest BCUT2D eigenvalue weighted by Gasteiger charge is -2.36. The molecule has 1 saturated carbocycles. The standard InChI is InChI=1S/C32H37N3O5/c1-19-8-13-26(40-19)30(37)35(23-11-9-22(10-12-23)31(2,3)4)28(20-7-6-14-33-16-20)29(36)34-27-21-15-25-24(27)18-39-32(25,5)38-17-21/h6-14,16,21,24-25,27-28H,15,17-18H2,1-5H3,(H,34,36)/t21?,24?,25?,27-,28?,32-/m0/s1. The number of amides is 2. The van der Waals surface area contributed by atoms with Crippen molar-refractivity contribution < 1.29 is 23.5 Å². The molecular weight excluding hydrogens is 506 g/mol. The molecule has 8 heteroatoms. The lowest BCUT2D eigenvalue weighted by Crippen LogP contribution is -2.50. The van der Waals surface area contributed by atoms with Crippen LogP contribution in [0.2, 0.25) is 0 Å². The molecule has 1 aromatic carbocycles. The Morgan fingerprint density at radius 2 is 1.82 bits per heavy atom. The second kappa shape index (κ2) is 9.85. The second-order valence-corrected chi connectivity index (χ2v) is 12.5. The van der Waals surface area contributed by atoms with Crippen LogP contribution in [0.25, 0.3) is 0 Å². The lowest BCUT2D eigenvalue weighted by molar-refractivity contribution is -0.243. The number of aromatic nitrogens is 1. The Balaban J connectivity index is 1.40. The van der Waals surface area contributed by atoms with Crippen molar-refractivity contribution in [3.05, 3.63) is 83.6 Å². The highest BCUT2D eigenvalue weighted by atomic mass is 16.7. The van der Waals surface area contributed by atoms with Crippen LogP contribution >= 0.6 is 0 Å². The molecule has 1 N–H and O–H groups in total. The molecule has 6 rings (SSSR count). The van der Waals surface area contributed by atoms with Gasteiger partial charge in [-0.05, 0) is 61.6 Å². The van der Waals surface area contributed by atoms with Crippen molar-refractivity contribution in [3.63, 3.8) is 0 Å². The van der Waals surface area contributed by atoms with E-state index in [1.54, 1.807) is 37.5 Å². The number of aryl methyl sites for hydroxylation is 1. The zero-order valence-corrected chi connectivity index (χ0v) is 23.7. The summed E-state index contributed by atoms with van der Waals surface area (Å²) in [6.45, 7) is 11.3. The molecule has 2 aliphatic heterocycles. The molecule has 6 atom stereocenters. The maximum atomic E-state index is 14.4. The summed E-state index contributed by atoms with van der Waals surface area (Å²) < 4.78 is 17.9. The summed E-state index contributed by atoms with van der Waals surface area (Å²) in [5.74, 6) is 0.147. The van der Waals surface area contributed by atoms with E-state index in [-0.39, 0.29) is 40.9 Å². The molecule has 0 spiro atoms. The van der Waals surface area contributed by atoms with Gasteiger partial charge in [-0.25, -0.2) is 0 Å². The summed E-state index contributed by atoms with van der Waals surface area (Å²) in [5, 5.41) is 3.34. The highest BCUT2D eigenvalue weighted by molar-refractivity contribution is 6.08. The maximum Gasteiger partial charge on any atom is 0.294 e. The van der Waals surface area contributed by atoms with Crippen molar-refractivity contribution in [2.45, 2.75) is 64.3 Å². The smallest absolute Gasteiger partial charge is 0.294 e. The van der Waals surface area contributed by atoms with Crippen LogP contribution in [0.5, 0.6) is 0 Å². The monoisotopic (exact) mass is 543 g/mol. The number of anilines is 1. The van der Waals surface area contributed by atoms with Gasteiger partial charge in [0.15, 0.2) is 11.5 Å². The summed E-state index contributed by atoms with van der Waals surface area (Å²) in [5.41, 5.74) is 2.27. The van der Waals surface area contributed by atoms with E-state index in [0.717, 1.165) is 12.0 Å². The van der Waals surface area contributed by atoms with E-state index in [1.165, 1.54) is 4.90 Å². The first-order valence-electron chi connectivity index (χ1n) is 14.0. The van der Waals surface area contributed by atoms with Crippen LogP contribution in [-0.2, 0) is 19.7 Å². The molecule has 40 heavy (non-hydrogen) atoms. The van der Waals surface area contributed by atoms with Crippen LogP contribution in [0.1, 0.15) is 67.6 Å². The van der Waals surface area contributed by atoms with E-state index in [0.29, 0.717) is 30.2 Å². The minimum Gasteiger partial charge on any atom is -0.456 e. The van der Waals surface area contributed by atoms with Crippen molar-refractivity contribution in [1.29, 1.82) is 0 Å². The molecule has 3 aromatic rings. The molecule has 3 aliphatic rings. The van der Waals surface area contributed by atoms with Gasteiger partial charge in [0, 0.05) is 47.4 Å². The molecule has 2 saturated heterocycles. The highest BCUT2D eigenvalue weighted by Crippen LogP contribution is 2.53. The van der Waals surface area contributed by atoms with Gasteiger partial charge in [0.25, 0.3) is 5.91 Å². The van der Waals surface area contributed by atoms with Gasteiger partial charge in [-0.2, -0.15) is 0 Å². The fourth-order valence-electron chi connectivity index (χ4n) is 6.63. The first kappa shape index (κ1) is 26.7. The predicted octanol–water partition coefficient (Wildman–Crippen LogP) is 5.18. The summed E-state index contributed by atoms with van der Waals surface area (Å²) in [6, 6.07) is 13.8. The number of furan rings is 1. The summed E-state index contributed by atoms with van der Waals surface area (Å²) in [7, 11) is 0. The molecule has 4 heterocycles. The summed E-state index contributed by atoms with van der Waals surface area (Å²) in [4.78, 5) is 34.3. The fraction of sp³-hybridized carbons (Fsp3) is 0.469. The molecule has 210 valence electrons. The molecule has 3 fully saturated rings. The van der Waals surface area contributed by atoms with Crippen molar-refractivity contribution in [2.24, 2.45) is 17.8 Å². The number of fused-ring (bicyclic) bond motifs is 1. The van der Waals surface area contributed by atoms with Gasteiger partial charge < -0.3 is 19.2 Å². The Labute approximate surface area is 235 Å². The van der Waals surface area contributed by atoms with E-state index in [9.17, 15) is 9.59 Å². The van der Waals surface area contributed by atoms with Crippen LogP contribution in [0.15, 0.2) is 65.3 Å². The van der Waals surface area contributed by atoms with Crippen molar-refractivity contribution in [2.75, 3.05) is 18.1 Å². The summed E-state index contributed by atoms with van der Waals surface area (Å²) in [6.07, 6.45) is 4.26. The van der Waals surface area contributed by atoms with Gasteiger partial charge in [0.1, 0.15) is 11.8 Å². The fourth-order valence-corrected chi connectivity index (χ4v) is 6.63. The van der Waals surface area contributed by atoms with Gasteiger partial charge in [-0.15, -0.1) is 0 Å². The van der Waals surface area contributed by atoms with Gasteiger partial charge in [-0.3, -0.25) is 19.5 Å². The normalized spacial score (nSPS) is 27.8. The summed E-state index contributed by atoms with van der Waals surface area (Å²) >= 11 is 0. The predicted molar refractivity (Wildman–Crippen MR) is 150 cm³/mol. The third-order valence-electron chi connectivity index (χ3n) is 8.86. The molecular formula is C32H37N3O5. The Morgan fingerprint density at radius 1 is 1.07 bits per heavy atom. The van der Waals surface area contributed by atoms with Gasteiger partial charge in [-0.1, -0.05) is 39.0 Å². The van der Waals surface area contributed by atoms with E-state index in [4.69, 9.17) is 13.9 Å². The van der Waals surface area contributed by atoms with Gasteiger partial charge >= 0.3 is 0 Å². The third-order valence-corrected chi connectivity index (χ3v) is 8.86. The highest BCUT2D eigenvalue weighted by Gasteiger charge is 2.61. The maximum absolute atomic E-state index is 14.4. The van der Waals surface area contributed by atoms with Crippen molar-refractivity contribution in [1.82, 2.24) is 10.3 Å². The molecule has 0 radical (unpaired) electrons. The molecule has 2 aromatic heterocycles.